The molecule has 1 aromatic heterocycles. The molecule has 2 N–H and O–H groups in total. The number of amides is 2. The number of aromatic nitrogens is 1. The van der Waals surface area contributed by atoms with Crippen molar-refractivity contribution in [2.24, 2.45) is 5.92 Å². The fraction of sp³-hybridized carbons (Fsp3) is 0.643. The summed E-state index contributed by atoms with van der Waals surface area (Å²) in [4.78, 5) is 25.0. The van der Waals surface area contributed by atoms with Gasteiger partial charge in [-0.25, -0.2) is 4.79 Å². The molecule has 0 spiro atoms. The van der Waals surface area contributed by atoms with Gasteiger partial charge in [-0.1, -0.05) is 5.16 Å². The summed E-state index contributed by atoms with van der Waals surface area (Å²) in [6.07, 6.45) is 0.490. The lowest BCUT2D eigenvalue weighted by atomic mass is 10.0. The van der Waals surface area contributed by atoms with Gasteiger partial charge in [-0.2, -0.15) is 0 Å². The number of nitrogens with one attached hydrogen (secondary N) is 1. The Balaban J connectivity index is 2.04. The van der Waals surface area contributed by atoms with Crippen LogP contribution in [0.25, 0.3) is 0 Å². The van der Waals surface area contributed by atoms with Crippen LogP contribution in [0.4, 0.5) is 4.79 Å². The van der Waals surface area contributed by atoms with Gasteiger partial charge in [0.2, 0.25) is 0 Å². The Morgan fingerprint density at radius 2 is 2.14 bits per heavy atom. The van der Waals surface area contributed by atoms with Gasteiger partial charge >= 0.3 is 12.0 Å². The number of hydrogen-bond donors (Lipinski definition) is 2. The van der Waals surface area contributed by atoms with Crippen molar-refractivity contribution in [3.63, 3.8) is 0 Å². The Hall–Kier alpha value is -2.05. The molecule has 1 aliphatic heterocycles. The summed E-state index contributed by atoms with van der Waals surface area (Å²) >= 11 is 0. The van der Waals surface area contributed by atoms with E-state index in [1.807, 2.05) is 13.8 Å². The van der Waals surface area contributed by atoms with E-state index in [4.69, 9.17) is 9.63 Å². The van der Waals surface area contributed by atoms with Crippen LogP contribution in [-0.4, -0.2) is 39.8 Å². The van der Waals surface area contributed by atoms with E-state index in [2.05, 4.69) is 10.5 Å². The fourth-order valence-electron chi connectivity index (χ4n) is 3.01. The molecule has 0 bridgehead atoms. The lowest BCUT2D eigenvalue weighted by molar-refractivity contribution is -0.142. The molecule has 2 heterocycles. The predicted octanol–water partition coefficient (Wildman–Crippen LogP) is 1.86. The van der Waals surface area contributed by atoms with Gasteiger partial charge in [0.25, 0.3) is 0 Å². The number of nitrogens with zero attached hydrogens (tertiary/aromatic N) is 2. The van der Waals surface area contributed by atoms with Crippen molar-refractivity contribution in [2.75, 3.05) is 6.54 Å². The number of carbonyl (C=O) groups excluding carboxylic acids is 1. The molecule has 7 nitrogen and oxygen atoms in total. The number of hydrogen-bond acceptors (Lipinski definition) is 4. The van der Waals surface area contributed by atoms with Crippen LogP contribution in [0.5, 0.6) is 0 Å². The summed E-state index contributed by atoms with van der Waals surface area (Å²) in [6.45, 7) is 7.72. The van der Waals surface area contributed by atoms with Gasteiger partial charge in [-0.05, 0) is 34.1 Å². The zero-order chi connectivity index (χ0) is 15.7. The van der Waals surface area contributed by atoms with Crippen molar-refractivity contribution in [1.82, 2.24) is 15.4 Å². The first-order valence-electron chi connectivity index (χ1n) is 7.05. The molecule has 0 aliphatic carbocycles. The Morgan fingerprint density at radius 1 is 1.48 bits per heavy atom. The van der Waals surface area contributed by atoms with Gasteiger partial charge in [0, 0.05) is 18.2 Å². The summed E-state index contributed by atoms with van der Waals surface area (Å²) in [5.74, 6) is -0.667. The minimum Gasteiger partial charge on any atom is -0.481 e. The number of carbonyl (C=O) groups is 2. The SMILES string of the molecule is Cc1noc(C)c1C(C)NC(=O)N1CCC(C(=O)O)C1C. The highest BCUT2D eigenvalue weighted by atomic mass is 16.5. The van der Waals surface area contributed by atoms with Crippen molar-refractivity contribution >= 4 is 12.0 Å². The fourth-order valence-corrected chi connectivity index (χ4v) is 3.01. The predicted molar refractivity (Wildman–Crippen MR) is 74.8 cm³/mol. The van der Waals surface area contributed by atoms with E-state index >= 15 is 0 Å². The Morgan fingerprint density at radius 3 is 2.62 bits per heavy atom. The Kier molecular flexibility index (Phi) is 4.20. The molecule has 1 saturated heterocycles. The summed E-state index contributed by atoms with van der Waals surface area (Å²) in [5, 5.41) is 15.9. The zero-order valence-electron chi connectivity index (χ0n) is 12.7. The molecule has 0 saturated carbocycles. The van der Waals surface area contributed by atoms with Crippen LogP contribution in [0.1, 0.15) is 43.3 Å². The molecule has 0 radical (unpaired) electrons. The third-order valence-corrected chi connectivity index (χ3v) is 4.19. The van der Waals surface area contributed by atoms with E-state index in [1.165, 1.54) is 0 Å². The number of carboxylic acids is 1. The average Bonchev–Trinajstić information content (AvgIpc) is 2.92. The van der Waals surface area contributed by atoms with E-state index in [-0.39, 0.29) is 18.1 Å². The molecule has 2 amide bonds. The molecule has 1 aliphatic rings. The van der Waals surface area contributed by atoms with E-state index in [1.54, 1.807) is 18.7 Å². The van der Waals surface area contributed by atoms with Gasteiger partial charge in [0.1, 0.15) is 5.76 Å². The number of rotatable bonds is 3. The van der Waals surface area contributed by atoms with Crippen LogP contribution in [0.15, 0.2) is 4.52 Å². The van der Waals surface area contributed by atoms with Crippen LogP contribution in [-0.2, 0) is 4.79 Å². The van der Waals surface area contributed by atoms with Crippen LogP contribution in [0.3, 0.4) is 0 Å². The minimum atomic E-state index is -0.850. The van der Waals surface area contributed by atoms with Crippen molar-refractivity contribution in [2.45, 2.75) is 46.2 Å². The Bertz CT molecular complexity index is 535. The second-order valence-electron chi connectivity index (χ2n) is 5.58. The minimum absolute atomic E-state index is 0.236. The van der Waals surface area contributed by atoms with Gasteiger partial charge in [0.15, 0.2) is 0 Å². The topological polar surface area (TPSA) is 95.7 Å². The highest BCUT2D eigenvalue weighted by Gasteiger charge is 2.38. The van der Waals surface area contributed by atoms with Gasteiger partial charge < -0.3 is 19.8 Å². The maximum atomic E-state index is 12.3. The molecule has 0 aromatic carbocycles. The molecule has 1 aromatic rings. The molecule has 116 valence electrons. The molecule has 3 unspecified atom stereocenters. The number of carboxylic acid groups (broad SMARTS) is 1. The second-order valence-corrected chi connectivity index (χ2v) is 5.58. The summed E-state index contributed by atoms with van der Waals surface area (Å²) in [7, 11) is 0. The van der Waals surface area contributed by atoms with Crippen LogP contribution in [0, 0.1) is 19.8 Å². The molecule has 7 heteroatoms. The number of urea groups is 1. The maximum absolute atomic E-state index is 12.3. The van der Waals surface area contributed by atoms with E-state index in [0.717, 1.165) is 11.3 Å². The first kappa shape index (κ1) is 15.3. The molecule has 2 rings (SSSR count). The summed E-state index contributed by atoms with van der Waals surface area (Å²) in [6, 6.07) is -0.794. The smallest absolute Gasteiger partial charge is 0.318 e. The average molecular weight is 295 g/mol. The highest BCUT2D eigenvalue weighted by Crippen LogP contribution is 2.26. The monoisotopic (exact) mass is 295 g/mol. The van der Waals surface area contributed by atoms with E-state index < -0.39 is 11.9 Å². The molecule has 1 fully saturated rings. The number of aliphatic carboxylic acids is 1. The first-order valence-corrected chi connectivity index (χ1v) is 7.05. The molecular formula is C14H21N3O4. The number of likely N-dealkylation sites (tertiary alicyclic amines) is 1. The first-order chi connectivity index (χ1) is 9.82. The summed E-state index contributed by atoms with van der Waals surface area (Å²) in [5.41, 5.74) is 1.61. The standard InChI is InChI=1S/C14H21N3O4/c1-7(12-8(2)16-21-10(12)4)15-14(20)17-6-5-11(9(17)3)13(18)19/h7,9,11H,5-6H2,1-4H3,(H,15,20)(H,18,19). The Labute approximate surface area is 123 Å². The third-order valence-electron chi connectivity index (χ3n) is 4.19. The largest absolute Gasteiger partial charge is 0.481 e. The van der Waals surface area contributed by atoms with Crippen LogP contribution in [0.2, 0.25) is 0 Å². The van der Waals surface area contributed by atoms with Crippen LogP contribution >= 0.6 is 0 Å². The maximum Gasteiger partial charge on any atom is 0.318 e. The van der Waals surface area contributed by atoms with Gasteiger partial charge in [-0.15, -0.1) is 0 Å². The zero-order valence-corrected chi connectivity index (χ0v) is 12.7. The normalized spacial score (nSPS) is 23.1. The van der Waals surface area contributed by atoms with Gasteiger partial charge in [-0.3, -0.25) is 4.79 Å². The van der Waals surface area contributed by atoms with Gasteiger partial charge in [0.05, 0.1) is 17.7 Å². The summed E-state index contributed by atoms with van der Waals surface area (Å²) < 4.78 is 5.10. The number of aryl methyl sites for hydroxylation is 2. The van der Waals surface area contributed by atoms with Crippen LogP contribution < -0.4 is 5.32 Å². The lowest BCUT2D eigenvalue weighted by Gasteiger charge is -2.25. The van der Waals surface area contributed by atoms with Crippen molar-refractivity contribution in [3.8, 4) is 0 Å². The van der Waals surface area contributed by atoms with Crippen molar-refractivity contribution in [3.05, 3.63) is 17.0 Å². The van der Waals surface area contributed by atoms with Crippen molar-refractivity contribution in [1.29, 1.82) is 0 Å². The third kappa shape index (κ3) is 2.86. The second kappa shape index (κ2) is 5.75. The molecule has 21 heavy (non-hydrogen) atoms. The molecular weight excluding hydrogens is 274 g/mol. The highest BCUT2D eigenvalue weighted by molar-refractivity contribution is 5.78. The van der Waals surface area contributed by atoms with E-state index in [9.17, 15) is 9.59 Å². The quantitative estimate of drug-likeness (QED) is 0.887. The van der Waals surface area contributed by atoms with Crippen molar-refractivity contribution < 1.29 is 19.2 Å². The van der Waals surface area contributed by atoms with E-state index in [0.29, 0.717) is 18.7 Å². The molecule has 3 atom stereocenters. The lowest BCUT2D eigenvalue weighted by Crippen LogP contribution is -2.44.